The van der Waals surface area contributed by atoms with Crippen molar-refractivity contribution in [2.24, 2.45) is 15.9 Å². The molecule has 2 heterocycles. The molecule has 1 atom stereocenters. The maximum Gasteiger partial charge on any atom is 0.238 e. The molecule has 0 bridgehead atoms. The summed E-state index contributed by atoms with van der Waals surface area (Å²) in [6.07, 6.45) is 1.81. The number of aromatic nitrogens is 1. The molecular formula is C22H26N6O2S2. The highest BCUT2D eigenvalue weighted by Crippen LogP contribution is 2.30. The molecule has 0 saturated heterocycles. The normalized spacial score (nSPS) is 19.5. The van der Waals surface area contributed by atoms with Gasteiger partial charge in [0.1, 0.15) is 5.69 Å². The van der Waals surface area contributed by atoms with Gasteiger partial charge in [0.15, 0.2) is 11.6 Å². The first-order valence-electron chi connectivity index (χ1n) is 10.1. The Morgan fingerprint density at radius 2 is 1.78 bits per heavy atom. The summed E-state index contributed by atoms with van der Waals surface area (Å²) in [7, 11) is -3.79. The lowest BCUT2D eigenvalue weighted by molar-refractivity contribution is 0.465. The maximum atomic E-state index is 11.6. The van der Waals surface area contributed by atoms with Gasteiger partial charge in [-0.05, 0) is 29.8 Å². The Bertz CT molecular complexity index is 1250. The van der Waals surface area contributed by atoms with Gasteiger partial charge in [-0.25, -0.2) is 13.6 Å². The molecule has 32 heavy (non-hydrogen) atoms. The van der Waals surface area contributed by atoms with Gasteiger partial charge >= 0.3 is 0 Å². The van der Waals surface area contributed by atoms with E-state index in [9.17, 15) is 8.42 Å². The molecule has 0 spiro atoms. The molecule has 0 fully saturated rings. The Labute approximate surface area is 191 Å². The molecule has 8 nitrogen and oxygen atoms in total. The van der Waals surface area contributed by atoms with Crippen molar-refractivity contribution in [3.8, 4) is 0 Å². The number of thioether (sulfide) groups is 1. The summed E-state index contributed by atoms with van der Waals surface area (Å²) in [5.74, 6) is -0.567. The van der Waals surface area contributed by atoms with E-state index in [1.54, 1.807) is 23.9 Å². The standard InChI is InChI=1S/C22H26N6O2S2/c1-14(2)31-19-6-4-3-5-15(19)13-26-21-20-18(11-12-25-20)27-22(23,28-21)16-7-9-17(10-8-16)32(24,29)30/h3-12,14,25,27H,13,23H2,1-2H3,(H,26,28)(H2,24,29,30). The third-order valence-electron chi connectivity index (χ3n) is 5.01. The van der Waals surface area contributed by atoms with Crippen LogP contribution in [-0.4, -0.2) is 24.5 Å². The molecular weight excluding hydrogens is 444 g/mol. The van der Waals surface area contributed by atoms with Crippen molar-refractivity contribution in [1.82, 2.24) is 10.3 Å². The fourth-order valence-corrected chi connectivity index (χ4v) is 4.96. The fraction of sp³-hybridized carbons (Fsp3) is 0.227. The number of anilines is 1. The zero-order valence-corrected chi connectivity index (χ0v) is 19.4. The number of hydrogen-bond acceptors (Lipinski definition) is 6. The first kappa shape index (κ1) is 22.4. The lowest BCUT2D eigenvalue weighted by Crippen LogP contribution is -2.61. The molecule has 3 aromatic rings. The van der Waals surface area contributed by atoms with Crippen LogP contribution >= 0.6 is 11.8 Å². The largest absolute Gasteiger partial charge is 0.357 e. The molecule has 4 rings (SSSR count). The van der Waals surface area contributed by atoms with Crippen LogP contribution in [0.3, 0.4) is 0 Å². The van der Waals surface area contributed by atoms with E-state index in [1.807, 2.05) is 24.4 Å². The molecule has 7 N–H and O–H groups in total. The van der Waals surface area contributed by atoms with Crippen LogP contribution in [0.25, 0.3) is 0 Å². The Balaban J connectivity index is 1.66. The van der Waals surface area contributed by atoms with Gasteiger partial charge in [-0.1, -0.05) is 44.2 Å². The third-order valence-corrected chi connectivity index (χ3v) is 7.07. The Morgan fingerprint density at radius 1 is 1.06 bits per heavy atom. The van der Waals surface area contributed by atoms with Gasteiger partial charge in [-0.3, -0.25) is 10.7 Å². The molecule has 1 aromatic heterocycles. The fourth-order valence-electron chi connectivity index (χ4n) is 3.50. The number of fused-ring (bicyclic) bond motifs is 1. The van der Waals surface area contributed by atoms with E-state index in [0.717, 1.165) is 16.9 Å². The van der Waals surface area contributed by atoms with Crippen LogP contribution in [0.4, 0.5) is 5.69 Å². The number of H-pyrrole nitrogens is 1. The Kier molecular flexibility index (Phi) is 6.04. The average molecular weight is 471 g/mol. The first-order valence-corrected chi connectivity index (χ1v) is 12.5. The monoisotopic (exact) mass is 470 g/mol. The molecule has 0 aliphatic carbocycles. The topological polar surface area (TPSA) is 138 Å². The molecule has 0 radical (unpaired) electrons. The predicted octanol–water partition coefficient (Wildman–Crippen LogP) is 2.89. The van der Waals surface area contributed by atoms with Gasteiger partial charge in [-0.2, -0.15) is 0 Å². The average Bonchev–Trinajstić information content (AvgIpc) is 3.20. The van der Waals surface area contributed by atoms with E-state index in [2.05, 4.69) is 41.6 Å². The lowest BCUT2D eigenvalue weighted by Gasteiger charge is -2.38. The van der Waals surface area contributed by atoms with Crippen molar-refractivity contribution >= 4 is 33.3 Å². The SMILES string of the molecule is CC(C)Sc1ccccc1CN=C1NC(N)(c2ccc(S(N)(=O)=O)cc2)Nc2cc[nH]c21. The van der Waals surface area contributed by atoms with E-state index in [1.165, 1.54) is 17.0 Å². The van der Waals surface area contributed by atoms with E-state index < -0.39 is 15.8 Å². The van der Waals surface area contributed by atoms with Crippen molar-refractivity contribution in [3.63, 3.8) is 0 Å². The first-order chi connectivity index (χ1) is 15.2. The summed E-state index contributed by atoms with van der Waals surface area (Å²) >= 11 is 1.81. The molecule has 1 unspecified atom stereocenters. The highest BCUT2D eigenvalue weighted by atomic mass is 32.2. The number of nitrogens with zero attached hydrogens (tertiary/aromatic N) is 1. The van der Waals surface area contributed by atoms with Gasteiger partial charge < -0.3 is 15.6 Å². The number of rotatable bonds is 6. The minimum absolute atomic E-state index is 0.0242. The smallest absolute Gasteiger partial charge is 0.238 e. The second-order valence-electron chi connectivity index (χ2n) is 7.83. The summed E-state index contributed by atoms with van der Waals surface area (Å²) in [6, 6.07) is 16.2. The lowest BCUT2D eigenvalue weighted by atomic mass is 10.0. The second kappa shape index (κ2) is 8.62. The number of hydrogen-bond donors (Lipinski definition) is 5. The van der Waals surface area contributed by atoms with Crippen molar-refractivity contribution in [1.29, 1.82) is 0 Å². The summed E-state index contributed by atoms with van der Waals surface area (Å²) < 4.78 is 23.2. The highest BCUT2D eigenvalue weighted by molar-refractivity contribution is 8.00. The maximum absolute atomic E-state index is 11.6. The van der Waals surface area contributed by atoms with E-state index >= 15 is 0 Å². The van der Waals surface area contributed by atoms with Crippen LogP contribution < -0.4 is 21.5 Å². The molecule has 0 amide bonds. The van der Waals surface area contributed by atoms with Crippen LogP contribution in [-0.2, 0) is 22.4 Å². The van der Waals surface area contributed by atoms with E-state index in [-0.39, 0.29) is 4.90 Å². The minimum atomic E-state index is -3.79. The number of nitrogens with one attached hydrogen (secondary N) is 3. The third kappa shape index (κ3) is 4.68. The van der Waals surface area contributed by atoms with Gasteiger partial charge in [0.25, 0.3) is 0 Å². The predicted molar refractivity (Wildman–Crippen MR) is 129 cm³/mol. The summed E-state index contributed by atoms with van der Waals surface area (Å²) in [4.78, 5) is 9.26. The molecule has 168 valence electrons. The van der Waals surface area contributed by atoms with Crippen molar-refractivity contribution in [2.45, 2.75) is 41.2 Å². The van der Waals surface area contributed by atoms with Gasteiger partial charge in [-0.15, -0.1) is 11.8 Å². The van der Waals surface area contributed by atoms with Gasteiger partial charge in [0, 0.05) is 21.9 Å². The number of aliphatic imine (C=N–C) groups is 1. The van der Waals surface area contributed by atoms with Crippen molar-refractivity contribution < 1.29 is 8.42 Å². The second-order valence-corrected chi connectivity index (χ2v) is 11.0. The number of sulfonamides is 1. The quantitative estimate of drug-likeness (QED) is 0.351. The zero-order chi connectivity index (χ0) is 22.9. The zero-order valence-electron chi connectivity index (χ0n) is 17.8. The molecule has 1 aliphatic heterocycles. The number of primary sulfonamides is 1. The molecule has 1 aliphatic rings. The number of nitrogens with two attached hydrogens (primary N) is 2. The van der Waals surface area contributed by atoms with E-state index in [4.69, 9.17) is 15.9 Å². The Morgan fingerprint density at radius 3 is 2.47 bits per heavy atom. The van der Waals surface area contributed by atoms with Crippen LogP contribution in [0.1, 0.15) is 30.7 Å². The molecule has 2 aromatic carbocycles. The van der Waals surface area contributed by atoms with Crippen molar-refractivity contribution in [3.05, 3.63) is 77.6 Å². The number of aromatic amines is 1. The minimum Gasteiger partial charge on any atom is -0.357 e. The van der Waals surface area contributed by atoms with E-state index in [0.29, 0.717) is 23.2 Å². The Hall–Kier alpha value is -2.79. The molecule has 0 saturated carbocycles. The number of benzene rings is 2. The highest BCUT2D eigenvalue weighted by Gasteiger charge is 2.35. The number of amidine groups is 1. The van der Waals surface area contributed by atoms with Gasteiger partial charge in [0.05, 0.1) is 17.1 Å². The van der Waals surface area contributed by atoms with Crippen molar-refractivity contribution in [2.75, 3.05) is 5.32 Å². The van der Waals surface area contributed by atoms with Crippen LogP contribution in [0.5, 0.6) is 0 Å². The van der Waals surface area contributed by atoms with Crippen LogP contribution in [0.2, 0.25) is 0 Å². The summed E-state index contributed by atoms with van der Waals surface area (Å²) in [5, 5.41) is 12.2. The summed E-state index contributed by atoms with van der Waals surface area (Å²) in [6.45, 7) is 4.81. The van der Waals surface area contributed by atoms with Gasteiger partial charge in [0.2, 0.25) is 10.0 Å². The van der Waals surface area contributed by atoms with Crippen LogP contribution in [0.15, 0.2) is 75.6 Å². The molecule has 10 heteroatoms. The van der Waals surface area contributed by atoms with Crippen LogP contribution in [0, 0.1) is 0 Å². The summed E-state index contributed by atoms with van der Waals surface area (Å²) in [5.41, 5.74) is 10.0.